The van der Waals surface area contributed by atoms with Crippen molar-refractivity contribution in [1.29, 1.82) is 0 Å². The molecule has 0 aromatic heterocycles. The fourth-order valence-electron chi connectivity index (χ4n) is 3.41. The molecule has 33 heavy (non-hydrogen) atoms. The lowest BCUT2D eigenvalue weighted by atomic mass is 10.1. The van der Waals surface area contributed by atoms with Gasteiger partial charge in [0.05, 0.1) is 31.7 Å². The van der Waals surface area contributed by atoms with Crippen LogP contribution in [0, 0.1) is 0 Å². The lowest BCUT2D eigenvalue weighted by Crippen LogP contribution is -2.41. The first-order valence-electron chi connectivity index (χ1n) is 10.5. The minimum absolute atomic E-state index is 0.0796. The van der Waals surface area contributed by atoms with Crippen molar-refractivity contribution in [2.24, 2.45) is 0 Å². The molecule has 0 radical (unpaired) electrons. The van der Waals surface area contributed by atoms with E-state index in [0.29, 0.717) is 11.5 Å². The van der Waals surface area contributed by atoms with E-state index >= 15 is 0 Å². The number of carbonyl (C=O) groups excluding carboxylic acids is 1. The van der Waals surface area contributed by atoms with Crippen LogP contribution in [-0.4, -0.2) is 39.4 Å². The van der Waals surface area contributed by atoms with Gasteiger partial charge in [-0.05, 0) is 42.3 Å². The van der Waals surface area contributed by atoms with Gasteiger partial charge >= 0.3 is 0 Å². The summed E-state index contributed by atoms with van der Waals surface area (Å²) < 4.78 is 38.4. The maximum atomic E-state index is 13.3. The molecule has 0 heterocycles. The van der Waals surface area contributed by atoms with Gasteiger partial charge in [0.2, 0.25) is 15.9 Å². The maximum absolute atomic E-state index is 13.3. The zero-order valence-corrected chi connectivity index (χ0v) is 19.7. The zero-order chi connectivity index (χ0) is 23.8. The molecule has 0 unspecified atom stereocenters. The fraction of sp³-hybridized carbons (Fsp3) is 0.240. The smallest absolute Gasteiger partial charge is 0.243 e. The van der Waals surface area contributed by atoms with Crippen molar-refractivity contribution in [3.63, 3.8) is 0 Å². The van der Waals surface area contributed by atoms with Gasteiger partial charge in [-0.25, -0.2) is 8.42 Å². The van der Waals surface area contributed by atoms with Crippen LogP contribution in [0.2, 0.25) is 0 Å². The molecule has 1 atom stereocenters. The monoisotopic (exact) mass is 468 g/mol. The first-order valence-corrected chi connectivity index (χ1v) is 11.9. The zero-order valence-electron chi connectivity index (χ0n) is 18.9. The Kier molecular flexibility index (Phi) is 8.08. The van der Waals surface area contributed by atoms with Crippen molar-refractivity contribution in [2.45, 2.75) is 24.4 Å². The average molecular weight is 469 g/mol. The van der Waals surface area contributed by atoms with Crippen LogP contribution in [0.4, 0.5) is 0 Å². The molecular formula is C25H28N2O5S. The summed E-state index contributed by atoms with van der Waals surface area (Å²) in [4.78, 5) is 13.1. The van der Waals surface area contributed by atoms with Crippen LogP contribution in [0.15, 0.2) is 83.8 Å². The SMILES string of the molecule is COc1ccc([C@@H](C)NC(=O)CN(Cc2ccccc2)S(=O)(=O)c2ccccc2)cc1OC. The Morgan fingerprint density at radius 1 is 0.909 bits per heavy atom. The first kappa shape index (κ1) is 24.3. The molecule has 0 aliphatic heterocycles. The quantitative estimate of drug-likeness (QED) is 0.490. The van der Waals surface area contributed by atoms with E-state index in [1.54, 1.807) is 44.6 Å². The van der Waals surface area contributed by atoms with Gasteiger partial charge in [0.25, 0.3) is 0 Å². The number of hydrogen-bond acceptors (Lipinski definition) is 5. The van der Waals surface area contributed by atoms with E-state index in [1.165, 1.54) is 16.4 Å². The number of amides is 1. The highest BCUT2D eigenvalue weighted by molar-refractivity contribution is 7.89. The minimum atomic E-state index is -3.88. The number of sulfonamides is 1. The standard InChI is InChI=1S/C25H28N2O5S/c1-19(21-14-15-23(31-2)24(16-21)32-3)26-25(28)18-27(17-20-10-6-4-7-11-20)33(29,30)22-12-8-5-9-13-22/h4-16,19H,17-18H2,1-3H3,(H,26,28)/t19-/m1/s1. The van der Waals surface area contributed by atoms with E-state index in [9.17, 15) is 13.2 Å². The third-order valence-corrected chi connectivity index (χ3v) is 6.99. The lowest BCUT2D eigenvalue weighted by molar-refractivity contribution is -0.122. The molecule has 3 aromatic carbocycles. The topological polar surface area (TPSA) is 84.9 Å². The van der Waals surface area contributed by atoms with Crippen LogP contribution in [0.25, 0.3) is 0 Å². The van der Waals surface area contributed by atoms with E-state index in [0.717, 1.165) is 11.1 Å². The van der Waals surface area contributed by atoms with Crippen molar-refractivity contribution < 1.29 is 22.7 Å². The molecule has 1 amide bonds. The third-order valence-electron chi connectivity index (χ3n) is 5.19. The molecule has 7 nitrogen and oxygen atoms in total. The van der Waals surface area contributed by atoms with Gasteiger partial charge in [0.1, 0.15) is 0 Å². The molecule has 0 saturated carbocycles. The summed E-state index contributed by atoms with van der Waals surface area (Å²) in [6, 6.07) is 22.3. The van der Waals surface area contributed by atoms with Crippen LogP contribution in [0.1, 0.15) is 24.1 Å². The molecule has 0 spiro atoms. The summed E-state index contributed by atoms with van der Waals surface area (Å²) in [6.07, 6.45) is 0. The van der Waals surface area contributed by atoms with Crippen molar-refractivity contribution in [3.05, 3.63) is 90.0 Å². The summed E-state index contributed by atoms with van der Waals surface area (Å²) in [6.45, 7) is 1.59. The second-order valence-corrected chi connectivity index (χ2v) is 9.41. The molecule has 0 saturated heterocycles. The van der Waals surface area contributed by atoms with Gasteiger partial charge in [-0.3, -0.25) is 4.79 Å². The molecule has 0 bridgehead atoms. The van der Waals surface area contributed by atoms with Gasteiger partial charge in [-0.2, -0.15) is 4.31 Å². The normalized spacial score (nSPS) is 12.2. The summed E-state index contributed by atoms with van der Waals surface area (Å²) >= 11 is 0. The number of rotatable bonds is 10. The van der Waals surface area contributed by atoms with Gasteiger partial charge < -0.3 is 14.8 Å². The highest BCUT2D eigenvalue weighted by Crippen LogP contribution is 2.30. The molecule has 174 valence electrons. The summed E-state index contributed by atoms with van der Waals surface area (Å²) in [7, 11) is -0.783. The number of benzene rings is 3. The predicted octanol–water partition coefficient (Wildman–Crippen LogP) is 3.77. The van der Waals surface area contributed by atoms with Crippen LogP contribution in [-0.2, 0) is 21.4 Å². The molecule has 8 heteroatoms. The van der Waals surface area contributed by atoms with Crippen LogP contribution in [0.5, 0.6) is 11.5 Å². The van der Waals surface area contributed by atoms with Crippen LogP contribution in [0.3, 0.4) is 0 Å². The second-order valence-electron chi connectivity index (χ2n) is 7.48. The minimum Gasteiger partial charge on any atom is -0.493 e. The van der Waals surface area contributed by atoms with Crippen molar-refractivity contribution in [1.82, 2.24) is 9.62 Å². The Bertz CT molecular complexity index is 1170. The Balaban J connectivity index is 1.80. The van der Waals surface area contributed by atoms with E-state index < -0.39 is 15.9 Å². The van der Waals surface area contributed by atoms with Gasteiger partial charge in [-0.1, -0.05) is 54.6 Å². The highest BCUT2D eigenvalue weighted by atomic mass is 32.2. The van der Waals surface area contributed by atoms with Crippen LogP contribution < -0.4 is 14.8 Å². The van der Waals surface area contributed by atoms with Crippen molar-refractivity contribution in [2.75, 3.05) is 20.8 Å². The number of hydrogen-bond donors (Lipinski definition) is 1. The Morgan fingerprint density at radius 2 is 1.52 bits per heavy atom. The molecule has 0 aliphatic rings. The maximum Gasteiger partial charge on any atom is 0.243 e. The lowest BCUT2D eigenvalue weighted by Gasteiger charge is -2.23. The number of ether oxygens (including phenoxy) is 2. The number of nitrogens with one attached hydrogen (secondary N) is 1. The largest absolute Gasteiger partial charge is 0.493 e. The fourth-order valence-corrected chi connectivity index (χ4v) is 4.81. The molecule has 3 aromatic rings. The Morgan fingerprint density at radius 3 is 2.12 bits per heavy atom. The van der Waals surface area contributed by atoms with Crippen molar-refractivity contribution >= 4 is 15.9 Å². The summed E-state index contributed by atoms with van der Waals surface area (Å²) in [5, 5.41) is 2.88. The molecule has 0 aliphatic carbocycles. The number of nitrogens with zero attached hydrogens (tertiary/aromatic N) is 1. The van der Waals surface area contributed by atoms with Gasteiger partial charge in [0, 0.05) is 6.54 Å². The summed E-state index contributed by atoms with van der Waals surface area (Å²) in [5.41, 5.74) is 1.60. The molecule has 1 N–H and O–H groups in total. The van der Waals surface area contributed by atoms with E-state index in [-0.39, 0.29) is 24.0 Å². The second kappa shape index (κ2) is 11.0. The summed E-state index contributed by atoms with van der Waals surface area (Å²) in [5.74, 6) is 0.726. The van der Waals surface area contributed by atoms with E-state index in [2.05, 4.69) is 5.32 Å². The molecular weight excluding hydrogens is 440 g/mol. The van der Waals surface area contributed by atoms with Crippen molar-refractivity contribution in [3.8, 4) is 11.5 Å². The van der Waals surface area contributed by atoms with Crippen LogP contribution >= 0.6 is 0 Å². The highest BCUT2D eigenvalue weighted by Gasteiger charge is 2.27. The van der Waals surface area contributed by atoms with Gasteiger partial charge in [-0.15, -0.1) is 0 Å². The average Bonchev–Trinajstić information content (AvgIpc) is 2.84. The molecule has 3 rings (SSSR count). The Hall–Kier alpha value is -3.36. The first-order chi connectivity index (χ1) is 15.8. The van der Waals surface area contributed by atoms with Gasteiger partial charge in [0.15, 0.2) is 11.5 Å². The third kappa shape index (κ3) is 6.12. The number of carbonyl (C=O) groups is 1. The Labute approximate surface area is 195 Å². The van der Waals surface area contributed by atoms with E-state index in [1.807, 2.05) is 43.3 Å². The predicted molar refractivity (Wildman–Crippen MR) is 127 cm³/mol. The molecule has 0 fully saturated rings. The number of methoxy groups -OCH3 is 2. The van der Waals surface area contributed by atoms with E-state index in [4.69, 9.17) is 9.47 Å².